The molecule has 0 unspecified atom stereocenters. The van der Waals surface area contributed by atoms with E-state index in [-0.39, 0.29) is 11.5 Å². The first-order chi connectivity index (χ1) is 12.1. The molecule has 3 rings (SSSR count). The van der Waals surface area contributed by atoms with Crippen molar-refractivity contribution in [1.29, 1.82) is 0 Å². The number of amides is 1. The third-order valence-corrected chi connectivity index (χ3v) is 3.91. The van der Waals surface area contributed by atoms with Crippen molar-refractivity contribution in [3.63, 3.8) is 0 Å². The van der Waals surface area contributed by atoms with Gasteiger partial charge in [0.15, 0.2) is 5.69 Å². The molecule has 2 aromatic carbocycles. The zero-order valence-electron chi connectivity index (χ0n) is 13.1. The minimum atomic E-state index is -0.409. The van der Waals surface area contributed by atoms with Crippen LogP contribution in [0.25, 0.3) is 0 Å². The van der Waals surface area contributed by atoms with Gasteiger partial charge in [-0.3, -0.25) is 9.48 Å². The van der Waals surface area contributed by atoms with Crippen molar-refractivity contribution in [3.05, 3.63) is 87.9 Å². The highest BCUT2D eigenvalue weighted by atomic mass is 79.9. The summed E-state index contributed by atoms with van der Waals surface area (Å²) < 4.78 is 15.5. The molecule has 126 valence electrons. The number of nitrogens with zero attached hydrogens (tertiary/aromatic N) is 3. The Morgan fingerprint density at radius 3 is 2.60 bits per heavy atom. The van der Waals surface area contributed by atoms with E-state index >= 15 is 0 Å². The predicted molar refractivity (Wildman–Crippen MR) is 96.9 cm³/mol. The Morgan fingerprint density at radius 2 is 1.88 bits per heavy atom. The second-order valence-electron chi connectivity index (χ2n) is 5.28. The molecule has 3 aromatic rings. The third kappa shape index (κ3) is 4.84. The first-order valence-electron chi connectivity index (χ1n) is 7.47. The highest BCUT2D eigenvalue weighted by Gasteiger charge is 2.08. The van der Waals surface area contributed by atoms with E-state index in [2.05, 4.69) is 31.6 Å². The summed E-state index contributed by atoms with van der Waals surface area (Å²) in [5, 5.41) is 8.08. The highest BCUT2D eigenvalue weighted by Crippen LogP contribution is 2.11. The van der Waals surface area contributed by atoms with Crippen LogP contribution < -0.4 is 5.43 Å². The van der Waals surface area contributed by atoms with Crippen molar-refractivity contribution in [3.8, 4) is 0 Å². The SMILES string of the molecule is O=C(NN=Cc1ccc(F)cc1)c1ccn(Cc2ccc(Br)cc2)n1. The van der Waals surface area contributed by atoms with Crippen LogP contribution in [-0.2, 0) is 6.54 Å². The standard InChI is InChI=1S/C18H14BrFN4O/c19-15-5-1-14(2-6-15)12-24-10-9-17(23-24)18(25)22-21-11-13-3-7-16(20)8-4-13/h1-11H,12H2,(H,22,25). The highest BCUT2D eigenvalue weighted by molar-refractivity contribution is 9.10. The van der Waals surface area contributed by atoms with Crippen LogP contribution >= 0.6 is 15.9 Å². The average Bonchev–Trinajstić information content (AvgIpc) is 3.07. The first-order valence-corrected chi connectivity index (χ1v) is 8.26. The molecular weight excluding hydrogens is 387 g/mol. The van der Waals surface area contributed by atoms with Crippen LogP contribution in [0, 0.1) is 5.82 Å². The molecule has 0 aliphatic carbocycles. The number of carbonyl (C=O) groups is 1. The summed E-state index contributed by atoms with van der Waals surface area (Å²) in [6, 6.07) is 15.3. The van der Waals surface area contributed by atoms with Crippen LogP contribution in [0.5, 0.6) is 0 Å². The maximum absolute atomic E-state index is 12.8. The van der Waals surface area contributed by atoms with Crippen LogP contribution in [0.4, 0.5) is 4.39 Å². The fraction of sp³-hybridized carbons (Fsp3) is 0.0556. The molecule has 0 aliphatic rings. The van der Waals surface area contributed by atoms with Crippen LogP contribution in [0.2, 0.25) is 0 Å². The summed E-state index contributed by atoms with van der Waals surface area (Å²) in [5.74, 6) is -0.731. The van der Waals surface area contributed by atoms with Crippen molar-refractivity contribution in [1.82, 2.24) is 15.2 Å². The van der Waals surface area contributed by atoms with E-state index in [1.807, 2.05) is 24.3 Å². The van der Waals surface area contributed by atoms with Gasteiger partial charge in [0.1, 0.15) is 5.82 Å². The van der Waals surface area contributed by atoms with Gasteiger partial charge >= 0.3 is 0 Å². The van der Waals surface area contributed by atoms with Gasteiger partial charge in [-0.05, 0) is 41.5 Å². The Morgan fingerprint density at radius 1 is 1.16 bits per heavy atom. The normalized spacial score (nSPS) is 11.0. The fourth-order valence-electron chi connectivity index (χ4n) is 2.12. The topological polar surface area (TPSA) is 59.3 Å². The molecule has 1 heterocycles. The van der Waals surface area contributed by atoms with Crippen molar-refractivity contribution < 1.29 is 9.18 Å². The van der Waals surface area contributed by atoms with Gasteiger partial charge < -0.3 is 0 Å². The van der Waals surface area contributed by atoms with Gasteiger partial charge in [0, 0.05) is 10.7 Å². The Bertz CT molecular complexity index is 888. The lowest BCUT2D eigenvalue weighted by molar-refractivity contribution is 0.0949. The molecule has 0 atom stereocenters. The lowest BCUT2D eigenvalue weighted by atomic mass is 10.2. The minimum Gasteiger partial charge on any atom is -0.268 e. The van der Waals surface area contributed by atoms with E-state index in [0.717, 1.165) is 10.0 Å². The van der Waals surface area contributed by atoms with Gasteiger partial charge in [-0.2, -0.15) is 10.2 Å². The molecule has 0 bridgehead atoms. The first kappa shape index (κ1) is 17.0. The number of carbonyl (C=O) groups excluding carboxylic acids is 1. The number of rotatable bonds is 5. The summed E-state index contributed by atoms with van der Waals surface area (Å²) in [4.78, 5) is 12.0. The maximum atomic E-state index is 12.8. The second kappa shape index (κ2) is 7.85. The molecular formula is C18H14BrFN4O. The monoisotopic (exact) mass is 400 g/mol. The average molecular weight is 401 g/mol. The fourth-order valence-corrected chi connectivity index (χ4v) is 2.38. The molecule has 0 aliphatic heterocycles. The van der Waals surface area contributed by atoms with E-state index < -0.39 is 5.91 Å². The van der Waals surface area contributed by atoms with Crippen molar-refractivity contribution in [2.45, 2.75) is 6.54 Å². The molecule has 0 spiro atoms. The number of nitrogens with one attached hydrogen (secondary N) is 1. The van der Waals surface area contributed by atoms with Gasteiger partial charge in [-0.25, -0.2) is 9.82 Å². The van der Waals surface area contributed by atoms with E-state index in [1.54, 1.807) is 29.1 Å². The smallest absolute Gasteiger partial charge is 0.268 e. The maximum Gasteiger partial charge on any atom is 0.291 e. The van der Waals surface area contributed by atoms with Gasteiger partial charge in [0.2, 0.25) is 0 Å². The van der Waals surface area contributed by atoms with Crippen LogP contribution in [-0.4, -0.2) is 21.9 Å². The summed E-state index contributed by atoms with van der Waals surface area (Å²) >= 11 is 3.39. The van der Waals surface area contributed by atoms with Crippen molar-refractivity contribution in [2.24, 2.45) is 5.10 Å². The van der Waals surface area contributed by atoms with Crippen molar-refractivity contribution in [2.75, 3.05) is 0 Å². The molecule has 1 N–H and O–H groups in total. The zero-order valence-corrected chi connectivity index (χ0v) is 14.6. The molecule has 7 heteroatoms. The molecule has 0 radical (unpaired) electrons. The van der Waals surface area contributed by atoms with E-state index in [4.69, 9.17) is 0 Å². The summed E-state index contributed by atoms with van der Waals surface area (Å²) in [7, 11) is 0. The van der Waals surface area contributed by atoms with Crippen molar-refractivity contribution >= 4 is 28.1 Å². The largest absolute Gasteiger partial charge is 0.291 e. The van der Waals surface area contributed by atoms with Crippen LogP contribution in [0.15, 0.2) is 70.4 Å². The van der Waals surface area contributed by atoms with Gasteiger partial charge in [0.05, 0.1) is 12.8 Å². The van der Waals surface area contributed by atoms with E-state index in [1.165, 1.54) is 18.3 Å². The van der Waals surface area contributed by atoms with E-state index in [0.29, 0.717) is 12.1 Å². The number of aromatic nitrogens is 2. The quantitative estimate of drug-likeness (QED) is 0.525. The summed E-state index contributed by atoms with van der Waals surface area (Å²) in [5.41, 5.74) is 4.43. The number of hydrogen-bond donors (Lipinski definition) is 1. The van der Waals surface area contributed by atoms with E-state index in [9.17, 15) is 9.18 Å². The van der Waals surface area contributed by atoms with Crippen LogP contribution in [0.1, 0.15) is 21.6 Å². The van der Waals surface area contributed by atoms with Crippen LogP contribution in [0.3, 0.4) is 0 Å². The number of hydrogen-bond acceptors (Lipinski definition) is 3. The summed E-state index contributed by atoms with van der Waals surface area (Å²) in [6.07, 6.45) is 3.18. The zero-order chi connectivity index (χ0) is 17.6. The minimum absolute atomic E-state index is 0.272. The molecule has 5 nitrogen and oxygen atoms in total. The molecule has 0 fully saturated rings. The Labute approximate surface area is 152 Å². The Hall–Kier alpha value is -2.80. The lowest BCUT2D eigenvalue weighted by Crippen LogP contribution is -2.18. The predicted octanol–water partition coefficient (Wildman–Crippen LogP) is 3.60. The second-order valence-corrected chi connectivity index (χ2v) is 6.19. The third-order valence-electron chi connectivity index (χ3n) is 3.38. The molecule has 0 saturated carbocycles. The Balaban J connectivity index is 1.58. The molecule has 0 saturated heterocycles. The number of benzene rings is 2. The molecule has 1 amide bonds. The van der Waals surface area contributed by atoms with Gasteiger partial charge in [-0.1, -0.05) is 40.2 Å². The van der Waals surface area contributed by atoms with Gasteiger partial charge in [-0.15, -0.1) is 0 Å². The summed E-state index contributed by atoms with van der Waals surface area (Å²) in [6.45, 7) is 0.569. The number of hydrazone groups is 1. The lowest BCUT2D eigenvalue weighted by Gasteiger charge is -2.02. The molecule has 25 heavy (non-hydrogen) atoms. The van der Waals surface area contributed by atoms with Gasteiger partial charge in [0.25, 0.3) is 5.91 Å². The Kier molecular flexibility index (Phi) is 5.35. The molecule has 1 aromatic heterocycles. The number of halogens is 2.